The van der Waals surface area contributed by atoms with Crippen LogP contribution in [0.1, 0.15) is 28.4 Å². The molecule has 0 radical (unpaired) electrons. The smallest absolute Gasteiger partial charge is 0.339 e. The number of non-ortho nitro benzene ring substituents is 1. The van der Waals surface area contributed by atoms with Crippen LogP contribution in [0.25, 0.3) is 11.6 Å². The number of amides is 1. The summed E-state index contributed by atoms with van der Waals surface area (Å²) in [6, 6.07) is 19.4. The third kappa shape index (κ3) is 5.59. The van der Waals surface area contributed by atoms with Gasteiger partial charge in [0.15, 0.2) is 0 Å². The Morgan fingerprint density at radius 2 is 1.81 bits per heavy atom. The van der Waals surface area contributed by atoms with E-state index in [1.165, 1.54) is 24.3 Å². The molecule has 1 amide bonds. The van der Waals surface area contributed by atoms with Crippen LogP contribution < -0.4 is 5.32 Å². The third-order valence-corrected chi connectivity index (χ3v) is 4.77. The molecule has 162 valence electrons. The molecule has 32 heavy (non-hydrogen) atoms. The third-order valence-electron chi connectivity index (χ3n) is 4.44. The maximum atomic E-state index is 13.2. The molecule has 0 aromatic heterocycles. The molecule has 8 heteroatoms. The minimum absolute atomic E-state index is 0.0802. The van der Waals surface area contributed by atoms with Crippen molar-refractivity contribution < 1.29 is 19.2 Å². The molecule has 0 unspecified atom stereocenters. The SMILES string of the molecule is CCOC(=O)c1cc(NC(=O)/C(=C/c2cccc([N+](=O)[O-])c2)c2ccccc2)ccc1Cl. The normalized spacial score (nSPS) is 11.0. The Kier molecular flexibility index (Phi) is 7.36. The predicted molar refractivity (Wildman–Crippen MR) is 123 cm³/mol. The van der Waals surface area contributed by atoms with E-state index in [1.54, 1.807) is 55.5 Å². The Bertz CT molecular complexity index is 1190. The molecule has 0 saturated carbocycles. The highest BCUT2D eigenvalue weighted by atomic mass is 35.5. The van der Waals surface area contributed by atoms with Gasteiger partial charge in [0, 0.05) is 23.4 Å². The Hall–Kier alpha value is -3.97. The van der Waals surface area contributed by atoms with Crippen LogP contribution in [-0.4, -0.2) is 23.4 Å². The molecule has 0 aliphatic carbocycles. The standard InChI is InChI=1S/C24H19ClN2O5/c1-2-32-24(29)21-15-18(11-12-22(21)25)26-23(28)20(17-8-4-3-5-9-17)14-16-7-6-10-19(13-16)27(30)31/h3-15H,2H2,1H3,(H,26,28)/b20-14+. The molecule has 1 N–H and O–H groups in total. The number of nitrogens with one attached hydrogen (secondary N) is 1. The van der Waals surface area contributed by atoms with Crippen LogP contribution in [0, 0.1) is 10.1 Å². The number of rotatable bonds is 7. The molecule has 3 rings (SSSR count). The molecular formula is C24H19ClN2O5. The van der Waals surface area contributed by atoms with Crippen LogP contribution in [-0.2, 0) is 9.53 Å². The van der Waals surface area contributed by atoms with Crippen LogP contribution in [0.3, 0.4) is 0 Å². The van der Waals surface area contributed by atoms with Gasteiger partial charge in [-0.2, -0.15) is 0 Å². The summed E-state index contributed by atoms with van der Waals surface area (Å²) in [7, 11) is 0. The molecule has 0 atom stereocenters. The first-order chi connectivity index (χ1) is 15.4. The highest BCUT2D eigenvalue weighted by Crippen LogP contribution is 2.25. The maximum absolute atomic E-state index is 13.2. The van der Waals surface area contributed by atoms with Crippen molar-refractivity contribution in [3.63, 3.8) is 0 Å². The number of carbonyl (C=O) groups excluding carboxylic acids is 2. The molecule has 0 saturated heterocycles. The van der Waals surface area contributed by atoms with E-state index in [0.29, 0.717) is 22.4 Å². The number of nitrogens with zero attached hydrogens (tertiary/aromatic N) is 1. The van der Waals surface area contributed by atoms with Crippen LogP contribution in [0.2, 0.25) is 5.02 Å². The number of nitro benzene ring substituents is 1. The van der Waals surface area contributed by atoms with Gasteiger partial charge >= 0.3 is 5.97 Å². The zero-order valence-electron chi connectivity index (χ0n) is 17.1. The molecular weight excluding hydrogens is 432 g/mol. The first-order valence-electron chi connectivity index (χ1n) is 9.68. The van der Waals surface area contributed by atoms with Gasteiger partial charge < -0.3 is 10.1 Å². The van der Waals surface area contributed by atoms with E-state index >= 15 is 0 Å². The minimum Gasteiger partial charge on any atom is -0.462 e. The highest BCUT2D eigenvalue weighted by Gasteiger charge is 2.17. The molecule has 0 bridgehead atoms. The summed E-state index contributed by atoms with van der Waals surface area (Å²) in [6.07, 6.45) is 1.57. The van der Waals surface area contributed by atoms with Crippen molar-refractivity contribution >= 4 is 46.5 Å². The van der Waals surface area contributed by atoms with Crippen molar-refractivity contribution in [3.8, 4) is 0 Å². The number of halogens is 1. The number of anilines is 1. The topological polar surface area (TPSA) is 98.5 Å². The van der Waals surface area contributed by atoms with Crippen LogP contribution in [0.15, 0.2) is 72.8 Å². The zero-order valence-corrected chi connectivity index (χ0v) is 17.8. The van der Waals surface area contributed by atoms with Crippen LogP contribution >= 0.6 is 11.6 Å². The summed E-state index contributed by atoms with van der Waals surface area (Å²) in [5.74, 6) is -1.05. The second-order valence-electron chi connectivity index (χ2n) is 6.65. The average Bonchev–Trinajstić information content (AvgIpc) is 2.79. The van der Waals surface area contributed by atoms with Crippen LogP contribution in [0.5, 0.6) is 0 Å². The average molecular weight is 451 g/mol. The van der Waals surface area contributed by atoms with E-state index < -0.39 is 16.8 Å². The summed E-state index contributed by atoms with van der Waals surface area (Å²) in [5.41, 5.74) is 1.81. The number of carbonyl (C=O) groups is 2. The summed E-state index contributed by atoms with van der Waals surface area (Å²) < 4.78 is 4.99. The Morgan fingerprint density at radius 1 is 1.06 bits per heavy atom. The molecule has 0 aliphatic rings. The van der Waals surface area contributed by atoms with Gasteiger partial charge in [-0.3, -0.25) is 14.9 Å². The second-order valence-corrected chi connectivity index (χ2v) is 7.05. The summed E-state index contributed by atoms with van der Waals surface area (Å²) in [4.78, 5) is 35.9. The lowest BCUT2D eigenvalue weighted by Gasteiger charge is -2.12. The molecule has 0 aliphatic heterocycles. The monoisotopic (exact) mass is 450 g/mol. The Labute approximate surface area is 189 Å². The van der Waals surface area contributed by atoms with E-state index in [0.717, 1.165) is 0 Å². The van der Waals surface area contributed by atoms with E-state index in [1.807, 2.05) is 6.07 Å². The molecule has 0 heterocycles. The van der Waals surface area contributed by atoms with Gasteiger partial charge in [-0.15, -0.1) is 0 Å². The highest BCUT2D eigenvalue weighted by molar-refractivity contribution is 6.34. The number of esters is 1. The van der Waals surface area contributed by atoms with Crippen molar-refractivity contribution in [1.29, 1.82) is 0 Å². The van der Waals surface area contributed by atoms with E-state index in [4.69, 9.17) is 16.3 Å². The number of nitro groups is 1. The van der Waals surface area contributed by atoms with Gasteiger partial charge in [0.2, 0.25) is 0 Å². The molecule has 3 aromatic carbocycles. The van der Waals surface area contributed by atoms with E-state index in [-0.39, 0.29) is 22.9 Å². The lowest BCUT2D eigenvalue weighted by Crippen LogP contribution is -2.14. The van der Waals surface area contributed by atoms with E-state index in [2.05, 4.69) is 5.32 Å². The van der Waals surface area contributed by atoms with E-state index in [9.17, 15) is 19.7 Å². The molecule has 7 nitrogen and oxygen atoms in total. The fourth-order valence-corrected chi connectivity index (χ4v) is 3.15. The quantitative estimate of drug-likeness (QED) is 0.166. The zero-order chi connectivity index (χ0) is 23.1. The van der Waals surface area contributed by atoms with Crippen molar-refractivity contribution in [3.05, 3.63) is 105 Å². The van der Waals surface area contributed by atoms with Gasteiger partial charge in [0.25, 0.3) is 11.6 Å². The summed E-state index contributed by atoms with van der Waals surface area (Å²) >= 11 is 6.09. The lowest BCUT2D eigenvalue weighted by atomic mass is 10.0. The fraction of sp³-hybridized carbons (Fsp3) is 0.0833. The van der Waals surface area contributed by atoms with Crippen LogP contribution in [0.4, 0.5) is 11.4 Å². The molecule has 3 aromatic rings. The molecule has 0 fully saturated rings. The number of hydrogen-bond donors (Lipinski definition) is 1. The predicted octanol–water partition coefficient (Wildman–Crippen LogP) is 5.60. The Morgan fingerprint density at radius 3 is 2.50 bits per heavy atom. The lowest BCUT2D eigenvalue weighted by molar-refractivity contribution is -0.384. The van der Waals surface area contributed by atoms with Crippen molar-refractivity contribution in [2.45, 2.75) is 6.92 Å². The number of benzene rings is 3. The number of ether oxygens (including phenoxy) is 1. The van der Waals surface area contributed by atoms with Gasteiger partial charge in [-0.1, -0.05) is 54.1 Å². The van der Waals surface area contributed by atoms with Crippen molar-refractivity contribution in [2.75, 3.05) is 11.9 Å². The largest absolute Gasteiger partial charge is 0.462 e. The summed E-state index contributed by atoms with van der Waals surface area (Å²) in [5, 5.41) is 14.1. The van der Waals surface area contributed by atoms with Gasteiger partial charge in [-0.05, 0) is 42.3 Å². The first-order valence-corrected chi connectivity index (χ1v) is 10.1. The summed E-state index contributed by atoms with van der Waals surface area (Å²) in [6.45, 7) is 1.87. The number of hydrogen-bond acceptors (Lipinski definition) is 5. The molecule has 0 spiro atoms. The Balaban J connectivity index is 1.97. The van der Waals surface area contributed by atoms with Crippen molar-refractivity contribution in [2.24, 2.45) is 0 Å². The first kappa shape index (κ1) is 22.7. The minimum atomic E-state index is -0.594. The van der Waals surface area contributed by atoms with Crippen molar-refractivity contribution in [1.82, 2.24) is 0 Å². The maximum Gasteiger partial charge on any atom is 0.339 e. The van der Waals surface area contributed by atoms with Gasteiger partial charge in [0.05, 0.1) is 22.1 Å². The van der Waals surface area contributed by atoms with Gasteiger partial charge in [0.1, 0.15) is 0 Å². The van der Waals surface area contributed by atoms with Gasteiger partial charge in [-0.25, -0.2) is 4.79 Å². The second kappa shape index (κ2) is 10.4. The fourth-order valence-electron chi connectivity index (χ4n) is 2.96.